The summed E-state index contributed by atoms with van der Waals surface area (Å²) in [6.45, 7) is 1.81. The zero-order chi connectivity index (χ0) is 20.5. The van der Waals surface area contributed by atoms with Crippen LogP contribution in [0.2, 0.25) is 0 Å². The summed E-state index contributed by atoms with van der Waals surface area (Å²) in [6.07, 6.45) is 2.04. The van der Waals surface area contributed by atoms with E-state index in [9.17, 15) is 9.18 Å². The Morgan fingerprint density at radius 3 is 2.73 bits per heavy atom. The molecular formula is C23H22FN3O3. The van der Waals surface area contributed by atoms with Crippen molar-refractivity contribution in [2.24, 2.45) is 5.92 Å². The largest absolute Gasteiger partial charge is 0.477 e. The van der Waals surface area contributed by atoms with Crippen LogP contribution in [0.5, 0.6) is 5.88 Å². The van der Waals surface area contributed by atoms with Crippen LogP contribution < -0.4 is 4.74 Å². The molecule has 1 aromatic heterocycles. The quantitative estimate of drug-likeness (QED) is 0.644. The van der Waals surface area contributed by atoms with E-state index in [1.807, 2.05) is 24.3 Å². The average Bonchev–Trinajstić information content (AvgIpc) is 3.62. The van der Waals surface area contributed by atoms with Crippen molar-refractivity contribution in [3.63, 3.8) is 0 Å². The van der Waals surface area contributed by atoms with Gasteiger partial charge >= 0.3 is 0 Å². The number of carbonyl (C=O) groups excluding carboxylic acids is 1. The normalized spacial score (nSPS) is 19.1. The molecule has 5 rings (SSSR count). The minimum absolute atomic E-state index is 0.124. The number of hydrogen-bond donors (Lipinski definition) is 0. The van der Waals surface area contributed by atoms with Gasteiger partial charge in [-0.1, -0.05) is 24.3 Å². The monoisotopic (exact) mass is 407 g/mol. The van der Waals surface area contributed by atoms with Crippen LogP contribution in [-0.4, -0.2) is 47.1 Å². The van der Waals surface area contributed by atoms with Gasteiger partial charge in [-0.05, 0) is 48.6 Å². The molecule has 1 aliphatic carbocycles. The van der Waals surface area contributed by atoms with E-state index in [4.69, 9.17) is 9.47 Å². The van der Waals surface area contributed by atoms with Crippen LogP contribution >= 0.6 is 0 Å². The smallest absolute Gasteiger partial charge is 0.291 e. The average molecular weight is 407 g/mol. The van der Waals surface area contributed by atoms with Crippen molar-refractivity contribution >= 4 is 16.8 Å². The van der Waals surface area contributed by atoms with Crippen LogP contribution in [0.1, 0.15) is 35.1 Å². The van der Waals surface area contributed by atoms with Crippen LogP contribution in [-0.2, 0) is 4.74 Å². The molecule has 154 valence electrons. The Bertz CT molecular complexity index is 1070. The molecule has 30 heavy (non-hydrogen) atoms. The van der Waals surface area contributed by atoms with Crippen molar-refractivity contribution in [3.05, 3.63) is 65.7 Å². The predicted octanol–water partition coefficient (Wildman–Crippen LogP) is 3.77. The molecule has 0 spiro atoms. The number of amides is 1. The third kappa shape index (κ3) is 3.98. The highest BCUT2D eigenvalue weighted by Gasteiger charge is 2.29. The van der Waals surface area contributed by atoms with Crippen molar-refractivity contribution in [3.8, 4) is 5.88 Å². The topological polar surface area (TPSA) is 64.5 Å². The Labute approximate surface area is 173 Å². The third-order valence-electron chi connectivity index (χ3n) is 5.51. The Hall–Kier alpha value is -3.06. The Morgan fingerprint density at radius 1 is 1.13 bits per heavy atom. The van der Waals surface area contributed by atoms with Crippen LogP contribution in [0.4, 0.5) is 4.39 Å². The first-order valence-electron chi connectivity index (χ1n) is 10.2. The zero-order valence-electron chi connectivity index (χ0n) is 16.5. The van der Waals surface area contributed by atoms with E-state index in [2.05, 4.69) is 9.97 Å². The molecule has 0 radical (unpaired) electrons. The lowest BCUT2D eigenvalue weighted by Gasteiger charge is -2.32. The van der Waals surface area contributed by atoms with Gasteiger partial charge in [-0.2, -0.15) is 4.98 Å². The van der Waals surface area contributed by atoms with Gasteiger partial charge in [0, 0.05) is 6.54 Å². The van der Waals surface area contributed by atoms with E-state index in [-0.39, 0.29) is 23.7 Å². The summed E-state index contributed by atoms with van der Waals surface area (Å²) in [5.74, 6) is 0.602. The number of rotatable bonds is 5. The van der Waals surface area contributed by atoms with E-state index < -0.39 is 0 Å². The van der Waals surface area contributed by atoms with Crippen LogP contribution in [0.15, 0.2) is 48.5 Å². The second-order valence-corrected chi connectivity index (χ2v) is 7.79. The van der Waals surface area contributed by atoms with Crippen molar-refractivity contribution in [1.82, 2.24) is 14.9 Å². The second kappa shape index (κ2) is 7.99. The molecule has 0 bridgehead atoms. The summed E-state index contributed by atoms with van der Waals surface area (Å²) >= 11 is 0. The van der Waals surface area contributed by atoms with E-state index >= 15 is 0 Å². The molecule has 0 N–H and O–H groups in total. The molecule has 0 unspecified atom stereocenters. The molecule has 2 aliphatic rings. The molecule has 7 heteroatoms. The van der Waals surface area contributed by atoms with Crippen LogP contribution in [0.25, 0.3) is 10.9 Å². The number of ether oxygens (including phenoxy) is 2. The van der Waals surface area contributed by atoms with Crippen LogP contribution in [0, 0.1) is 11.7 Å². The number of aromatic nitrogens is 2. The van der Waals surface area contributed by atoms with Crippen molar-refractivity contribution in [2.45, 2.75) is 18.9 Å². The summed E-state index contributed by atoms with van der Waals surface area (Å²) in [7, 11) is 0. The number of benzene rings is 2. The highest BCUT2D eigenvalue weighted by molar-refractivity contribution is 5.94. The lowest BCUT2D eigenvalue weighted by Crippen LogP contribution is -2.42. The lowest BCUT2D eigenvalue weighted by molar-refractivity contribution is -0.0232. The second-order valence-electron chi connectivity index (χ2n) is 7.79. The Balaban J connectivity index is 1.39. The fourth-order valence-electron chi connectivity index (χ4n) is 3.59. The van der Waals surface area contributed by atoms with E-state index in [0.717, 1.165) is 10.9 Å². The maximum Gasteiger partial charge on any atom is 0.291 e. The number of carbonyl (C=O) groups is 1. The lowest BCUT2D eigenvalue weighted by atomic mass is 10.1. The van der Waals surface area contributed by atoms with Gasteiger partial charge in [0.25, 0.3) is 5.91 Å². The van der Waals surface area contributed by atoms with Gasteiger partial charge in [0.05, 0.1) is 30.7 Å². The molecule has 1 saturated carbocycles. The summed E-state index contributed by atoms with van der Waals surface area (Å²) in [5, 5.41) is 0.806. The first-order chi connectivity index (χ1) is 14.7. The van der Waals surface area contributed by atoms with Crippen LogP contribution in [0.3, 0.4) is 0 Å². The fraction of sp³-hybridized carbons (Fsp3) is 0.348. The van der Waals surface area contributed by atoms with Gasteiger partial charge in [-0.3, -0.25) is 4.79 Å². The van der Waals surface area contributed by atoms with E-state index in [0.29, 0.717) is 43.6 Å². The first kappa shape index (κ1) is 18.9. The highest BCUT2D eigenvalue weighted by Crippen LogP contribution is 2.31. The predicted molar refractivity (Wildman–Crippen MR) is 109 cm³/mol. The number of para-hydroxylation sites is 1. The minimum atomic E-state index is -0.311. The maximum atomic E-state index is 13.2. The maximum absolute atomic E-state index is 13.2. The minimum Gasteiger partial charge on any atom is -0.477 e. The van der Waals surface area contributed by atoms with Gasteiger partial charge in [-0.25, -0.2) is 9.37 Å². The van der Waals surface area contributed by atoms with Gasteiger partial charge < -0.3 is 14.4 Å². The molecule has 2 fully saturated rings. The molecular weight excluding hydrogens is 385 g/mol. The van der Waals surface area contributed by atoms with Gasteiger partial charge in [-0.15, -0.1) is 0 Å². The molecule has 1 amide bonds. The fourth-order valence-corrected chi connectivity index (χ4v) is 3.59. The molecule has 6 nitrogen and oxygen atoms in total. The van der Waals surface area contributed by atoms with E-state index in [1.54, 1.807) is 17.0 Å². The SMILES string of the molecule is O=C(c1nc(OCC2CC2)c2ccccc2n1)N1CCO[C@H](c2ccc(F)cc2)C1. The van der Waals surface area contributed by atoms with Crippen molar-refractivity contribution < 1.29 is 18.7 Å². The third-order valence-corrected chi connectivity index (χ3v) is 5.51. The molecule has 3 aromatic rings. The number of morpholine rings is 1. The summed E-state index contributed by atoms with van der Waals surface area (Å²) in [6, 6.07) is 13.7. The highest BCUT2D eigenvalue weighted by atomic mass is 19.1. The summed E-state index contributed by atoms with van der Waals surface area (Å²) in [4.78, 5) is 23.9. The molecule has 2 aromatic carbocycles. The van der Waals surface area contributed by atoms with Crippen molar-refractivity contribution in [1.29, 1.82) is 0 Å². The Morgan fingerprint density at radius 2 is 1.93 bits per heavy atom. The number of hydrogen-bond acceptors (Lipinski definition) is 5. The van der Waals surface area contributed by atoms with Gasteiger partial charge in [0.1, 0.15) is 11.9 Å². The zero-order valence-corrected chi connectivity index (χ0v) is 16.5. The number of nitrogens with zero attached hydrogens (tertiary/aromatic N) is 3. The van der Waals surface area contributed by atoms with Crippen molar-refractivity contribution in [2.75, 3.05) is 26.3 Å². The molecule has 2 heterocycles. The standard InChI is InChI=1S/C23H22FN3O3/c24-17-9-7-16(8-10-17)20-13-27(11-12-29-20)23(28)21-25-19-4-2-1-3-18(19)22(26-21)30-14-15-5-6-15/h1-4,7-10,15,20H,5-6,11-14H2/t20-/m0/s1. The first-order valence-corrected chi connectivity index (χ1v) is 10.2. The van der Waals surface area contributed by atoms with Gasteiger partial charge in [0.2, 0.25) is 11.7 Å². The molecule has 1 atom stereocenters. The summed E-state index contributed by atoms with van der Waals surface area (Å²) < 4.78 is 25.0. The number of fused-ring (bicyclic) bond motifs is 1. The molecule has 1 aliphatic heterocycles. The molecule has 1 saturated heterocycles. The van der Waals surface area contributed by atoms with E-state index in [1.165, 1.54) is 25.0 Å². The summed E-state index contributed by atoms with van der Waals surface area (Å²) in [5.41, 5.74) is 1.52. The Kier molecular flexibility index (Phi) is 5.04. The van der Waals surface area contributed by atoms with Gasteiger partial charge in [0.15, 0.2) is 0 Å². The number of halogens is 1.